The predicted molar refractivity (Wildman–Crippen MR) is 93.8 cm³/mol. The predicted octanol–water partition coefficient (Wildman–Crippen LogP) is 1.11. The average Bonchev–Trinajstić information content (AvgIpc) is 2.50. The van der Waals surface area contributed by atoms with E-state index in [-0.39, 0.29) is 19.9 Å². The van der Waals surface area contributed by atoms with Gasteiger partial charge in [0.05, 0.1) is 20.1 Å². The molecule has 0 rings (SSSR count). The minimum atomic E-state index is -1.11. The number of nitrogens with one attached hydrogen (secondary N) is 1. The molecular weight excluding hydrogens is 350 g/mol. The van der Waals surface area contributed by atoms with E-state index in [1.165, 1.54) is 0 Å². The van der Waals surface area contributed by atoms with E-state index in [1.54, 1.807) is 34.6 Å². The van der Waals surface area contributed by atoms with E-state index >= 15 is 0 Å². The third-order valence-corrected chi connectivity index (χ3v) is 4.26. The van der Waals surface area contributed by atoms with Crippen molar-refractivity contribution in [3.63, 3.8) is 0 Å². The number of esters is 2. The topological polar surface area (TPSA) is 116 Å². The molecule has 0 aliphatic rings. The molecular formula is C16H27NO7S. The number of Topliss-reactive ketones (excluding diaryl/α,β-unsaturated/α-hetero) is 1. The molecule has 0 aromatic rings. The Morgan fingerprint density at radius 1 is 1.16 bits per heavy atom. The van der Waals surface area contributed by atoms with Crippen molar-refractivity contribution in [2.24, 2.45) is 5.92 Å². The number of rotatable bonds is 9. The second kappa shape index (κ2) is 10.2. The maximum Gasteiger partial charge on any atom is 0.374 e. The molecule has 0 aromatic carbocycles. The standard InChI is InChI=1S/C16H25NO7S.H2/c1-7-24-15(22)12(17-13(20)9(2)3)16(4,5)25-11(19)8-10(18)14(21)23-6;/h9,12H,7-8H2,1-6H3,(H,17,20);1H. The van der Waals surface area contributed by atoms with Crippen LogP contribution in [0.15, 0.2) is 0 Å². The minimum Gasteiger partial charge on any atom is -0.464 e. The Morgan fingerprint density at radius 2 is 1.72 bits per heavy atom. The number of carbonyl (C=O) groups excluding carboxylic acids is 5. The lowest BCUT2D eigenvalue weighted by atomic mass is 10.0. The Balaban J connectivity index is 0. The Bertz CT molecular complexity index is 549. The average molecular weight is 377 g/mol. The fraction of sp³-hybridized carbons (Fsp3) is 0.688. The minimum absolute atomic E-state index is 0. The molecule has 0 spiro atoms. The number of ether oxygens (including phenoxy) is 2. The summed E-state index contributed by atoms with van der Waals surface area (Å²) in [4.78, 5) is 58.8. The lowest BCUT2D eigenvalue weighted by Crippen LogP contribution is -2.54. The summed E-state index contributed by atoms with van der Waals surface area (Å²) in [6.07, 6.45) is -0.658. The molecule has 0 aliphatic carbocycles. The van der Waals surface area contributed by atoms with Gasteiger partial charge in [0.25, 0.3) is 0 Å². The summed E-state index contributed by atoms with van der Waals surface area (Å²) in [5, 5.41) is 1.95. The van der Waals surface area contributed by atoms with E-state index in [0.29, 0.717) is 11.8 Å². The van der Waals surface area contributed by atoms with Crippen LogP contribution in [0.2, 0.25) is 0 Å². The number of amides is 1. The van der Waals surface area contributed by atoms with Crippen LogP contribution in [0.25, 0.3) is 0 Å². The zero-order valence-corrected chi connectivity index (χ0v) is 16.2. The largest absolute Gasteiger partial charge is 0.464 e. The zero-order chi connectivity index (χ0) is 19.8. The van der Waals surface area contributed by atoms with Gasteiger partial charge in [-0.15, -0.1) is 0 Å². The van der Waals surface area contributed by atoms with Gasteiger partial charge < -0.3 is 14.8 Å². The smallest absolute Gasteiger partial charge is 0.374 e. The van der Waals surface area contributed by atoms with Crippen LogP contribution in [-0.4, -0.2) is 53.2 Å². The second-order valence-electron chi connectivity index (χ2n) is 6.02. The maximum absolute atomic E-state index is 12.2. The van der Waals surface area contributed by atoms with Crippen LogP contribution in [0.3, 0.4) is 0 Å². The number of thioether (sulfide) groups is 1. The fourth-order valence-electron chi connectivity index (χ4n) is 1.76. The van der Waals surface area contributed by atoms with Crippen molar-refractivity contribution in [2.75, 3.05) is 13.7 Å². The Labute approximate surface area is 152 Å². The summed E-state index contributed by atoms with van der Waals surface area (Å²) < 4.78 is 8.14. The molecule has 0 fully saturated rings. The zero-order valence-electron chi connectivity index (χ0n) is 15.3. The summed E-state index contributed by atoms with van der Waals surface area (Å²) in [7, 11) is 1.04. The van der Waals surface area contributed by atoms with Crippen LogP contribution in [0.4, 0.5) is 0 Å². The van der Waals surface area contributed by atoms with Gasteiger partial charge in [0, 0.05) is 12.1 Å². The van der Waals surface area contributed by atoms with Gasteiger partial charge in [0.2, 0.25) is 11.7 Å². The molecule has 25 heavy (non-hydrogen) atoms. The molecule has 0 heterocycles. The van der Waals surface area contributed by atoms with E-state index in [2.05, 4.69) is 10.1 Å². The first-order chi connectivity index (χ1) is 11.5. The first-order valence-corrected chi connectivity index (χ1v) is 8.57. The first-order valence-electron chi connectivity index (χ1n) is 7.76. The highest BCUT2D eigenvalue weighted by Crippen LogP contribution is 2.31. The number of hydrogen-bond donors (Lipinski definition) is 1. The van der Waals surface area contributed by atoms with Crippen molar-refractivity contribution in [3.8, 4) is 0 Å². The number of methoxy groups -OCH3 is 1. The van der Waals surface area contributed by atoms with Crippen molar-refractivity contribution >= 4 is 40.5 Å². The summed E-state index contributed by atoms with van der Waals surface area (Å²) >= 11 is 0.691. The normalized spacial score (nSPS) is 12.3. The third-order valence-electron chi connectivity index (χ3n) is 3.12. The molecule has 0 saturated carbocycles. The van der Waals surface area contributed by atoms with E-state index in [4.69, 9.17) is 4.74 Å². The van der Waals surface area contributed by atoms with Crippen molar-refractivity contribution in [1.82, 2.24) is 5.32 Å². The van der Waals surface area contributed by atoms with Crippen molar-refractivity contribution in [1.29, 1.82) is 0 Å². The lowest BCUT2D eigenvalue weighted by Gasteiger charge is -2.32. The molecule has 0 aliphatic heterocycles. The summed E-state index contributed by atoms with van der Waals surface area (Å²) in [5.41, 5.74) is 0. The second-order valence-corrected chi connectivity index (χ2v) is 7.73. The van der Waals surface area contributed by atoms with Gasteiger partial charge in [-0.05, 0) is 20.8 Å². The Hall–Kier alpha value is -1.90. The van der Waals surface area contributed by atoms with Gasteiger partial charge in [-0.1, -0.05) is 25.6 Å². The van der Waals surface area contributed by atoms with Gasteiger partial charge in [-0.25, -0.2) is 9.59 Å². The highest BCUT2D eigenvalue weighted by Gasteiger charge is 2.40. The van der Waals surface area contributed by atoms with Gasteiger partial charge in [-0.2, -0.15) is 0 Å². The van der Waals surface area contributed by atoms with Crippen LogP contribution in [0, 0.1) is 5.92 Å². The van der Waals surface area contributed by atoms with E-state index in [9.17, 15) is 24.0 Å². The van der Waals surface area contributed by atoms with E-state index < -0.39 is 40.0 Å². The van der Waals surface area contributed by atoms with Crippen LogP contribution in [0.1, 0.15) is 42.5 Å². The van der Waals surface area contributed by atoms with Crippen molar-refractivity contribution in [3.05, 3.63) is 0 Å². The first kappa shape index (κ1) is 23.1. The summed E-state index contributed by atoms with van der Waals surface area (Å²) in [6, 6.07) is -1.09. The third kappa shape index (κ3) is 7.68. The number of hydrogen-bond acceptors (Lipinski definition) is 8. The highest BCUT2D eigenvalue weighted by atomic mass is 32.2. The molecule has 144 valence electrons. The molecule has 8 nitrogen and oxygen atoms in total. The molecule has 0 aromatic heterocycles. The van der Waals surface area contributed by atoms with Crippen molar-refractivity contribution in [2.45, 2.75) is 51.8 Å². The molecule has 1 N–H and O–H groups in total. The van der Waals surface area contributed by atoms with Crippen LogP contribution in [0.5, 0.6) is 0 Å². The molecule has 1 atom stereocenters. The van der Waals surface area contributed by atoms with Crippen LogP contribution in [-0.2, 0) is 33.4 Å². The van der Waals surface area contributed by atoms with Crippen molar-refractivity contribution < 1.29 is 34.9 Å². The summed E-state index contributed by atoms with van der Waals surface area (Å²) in [6.45, 7) is 8.21. The van der Waals surface area contributed by atoms with Gasteiger partial charge in [0.1, 0.15) is 6.04 Å². The molecule has 0 radical (unpaired) electrons. The van der Waals surface area contributed by atoms with Gasteiger partial charge in [0.15, 0.2) is 5.12 Å². The Kier molecular flexibility index (Phi) is 9.40. The monoisotopic (exact) mass is 377 g/mol. The fourth-order valence-corrected chi connectivity index (χ4v) is 2.82. The molecule has 1 unspecified atom stereocenters. The molecule has 9 heteroatoms. The van der Waals surface area contributed by atoms with Gasteiger partial charge >= 0.3 is 11.9 Å². The van der Waals surface area contributed by atoms with Gasteiger partial charge in [-0.3, -0.25) is 14.4 Å². The lowest BCUT2D eigenvalue weighted by molar-refractivity contribution is -0.152. The summed E-state index contributed by atoms with van der Waals surface area (Å²) in [5.74, 6) is -3.50. The SMILES string of the molecule is CCOC(=O)C(NC(=O)C(C)C)C(C)(C)SC(=O)CC(=O)C(=O)OC.[HH]. The number of ketones is 1. The number of carbonyl (C=O) groups is 5. The molecule has 0 bridgehead atoms. The van der Waals surface area contributed by atoms with Crippen LogP contribution < -0.4 is 5.32 Å². The van der Waals surface area contributed by atoms with E-state index in [0.717, 1.165) is 7.11 Å². The van der Waals surface area contributed by atoms with E-state index in [1.807, 2.05) is 0 Å². The molecule has 0 saturated heterocycles. The highest BCUT2D eigenvalue weighted by molar-refractivity contribution is 8.14. The Morgan fingerprint density at radius 3 is 2.16 bits per heavy atom. The van der Waals surface area contributed by atoms with Crippen LogP contribution >= 0.6 is 11.8 Å². The molecule has 1 amide bonds. The quantitative estimate of drug-likeness (QED) is 0.361. The maximum atomic E-state index is 12.2.